The van der Waals surface area contributed by atoms with Crippen molar-refractivity contribution < 1.29 is 29.2 Å². The third-order valence-corrected chi connectivity index (χ3v) is 10.3. The van der Waals surface area contributed by atoms with E-state index in [2.05, 4.69) is 6.92 Å². The van der Waals surface area contributed by atoms with Crippen LogP contribution in [0.4, 0.5) is 0 Å². The van der Waals surface area contributed by atoms with Gasteiger partial charge in [0.15, 0.2) is 6.29 Å². The molecule has 4 saturated carbocycles. The number of ether oxygens (including phenoxy) is 3. The van der Waals surface area contributed by atoms with E-state index in [1.165, 1.54) is 51.4 Å². The molecule has 0 aromatic heterocycles. The van der Waals surface area contributed by atoms with Crippen LogP contribution in [0.1, 0.15) is 78.1 Å². The van der Waals surface area contributed by atoms with Crippen LogP contribution < -0.4 is 0 Å². The van der Waals surface area contributed by atoms with Gasteiger partial charge in [0.05, 0.1) is 24.2 Å². The molecular formula is C27H44O6. The van der Waals surface area contributed by atoms with Crippen LogP contribution in [0.2, 0.25) is 0 Å². The Balaban J connectivity index is 0.000000139. The Hall–Kier alpha value is -0.690. The van der Waals surface area contributed by atoms with Crippen molar-refractivity contribution >= 4 is 5.97 Å². The maximum Gasteiger partial charge on any atom is 0.309 e. The van der Waals surface area contributed by atoms with E-state index in [1.807, 2.05) is 6.92 Å². The molecule has 0 aromatic carbocycles. The molecule has 7 unspecified atom stereocenters. The fourth-order valence-electron chi connectivity index (χ4n) is 8.77. The summed E-state index contributed by atoms with van der Waals surface area (Å²) >= 11 is 0. The van der Waals surface area contributed by atoms with Gasteiger partial charge in [-0.15, -0.1) is 0 Å². The molecule has 2 heterocycles. The van der Waals surface area contributed by atoms with Crippen molar-refractivity contribution in [3.8, 4) is 0 Å². The first-order valence-corrected chi connectivity index (χ1v) is 13.7. The van der Waals surface area contributed by atoms with Gasteiger partial charge >= 0.3 is 5.97 Å². The topological polar surface area (TPSA) is 85.2 Å². The Kier molecular flexibility index (Phi) is 7.10. The van der Waals surface area contributed by atoms with E-state index in [0.717, 1.165) is 12.8 Å². The predicted molar refractivity (Wildman–Crippen MR) is 123 cm³/mol. The molecule has 6 nitrogen and oxygen atoms in total. The highest BCUT2D eigenvalue weighted by Crippen LogP contribution is 2.52. The fraction of sp³-hybridized carbons (Fsp3) is 0.963. The van der Waals surface area contributed by atoms with Gasteiger partial charge in [0.1, 0.15) is 6.10 Å². The van der Waals surface area contributed by atoms with Gasteiger partial charge in [-0.2, -0.15) is 0 Å². The first-order chi connectivity index (χ1) is 15.9. The minimum atomic E-state index is -0.314. The molecule has 33 heavy (non-hydrogen) atoms. The predicted octanol–water partition coefficient (Wildman–Crippen LogP) is 3.92. The third-order valence-electron chi connectivity index (χ3n) is 10.3. The van der Waals surface area contributed by atoms with E-state index in [-0.39, 0.29) is 48.5 Å². The minimum Gasteiger partial charge on any atom is -0.462 e. The quantitative estimate of drug-likeness (QED) is 0.572. The standard InChI is InChI=1S/C14H24O3.C13H20O3/c1-8-12-11(14(16-2)17-8)7-9-5-3-4-6-10(9)13(12)15;1-7-11-10(13(15)16-7)6-8-4-2-3-5-9(8)12(11)14/h8-15H,3-7H2,1-2H3;7-12,14H,2-6H2,1H3/t;7-,8+,9-,10-,11-,12+/m.1/s1. The number of carbonyl (C=O) groups excluding carboxylic acids is 1. The molecule has 6 fully saturated rings. The number of esters is 1. The summed E-state index contributed by atoms with van der Waals surface area (Å²) in [5, 5.41) is 21.1. The number of carbonyl (C=O) groups is 1. The Morgan fingerprint density at radius 3 is 2.00 bits per heavy atom. The molecule has 0 radical (unpaired) electrons. The normalized spacial score (nSPS) is 53.0. The molecule has 2 saturated heterocycles. The second-order valence-corrected chi connectivity index (χ2v) is 11.9. The van der Waals surface area contributed by atoms with E-state index >= 15 is 0 Å². The summed E-state index contributed by atoms with van der Waals surface area (Å²) in [5.74, 6) is 2.87. The van der Waals surface area contributed by atoms with Crippen LogP contribution >= 0.6 is 0 Å². The summed E-state index contributed by atoms with van der Waals surface area (Å²) in [6.07, 6.45) is 11.6. The summed E-state index contributed by atoms with van der Waals surface area (Å²) < 4.78 is 16.6. The van der Waals surface area contributed by atoms with Gasteiger partial charge in [0.25, 0.3) is 0 Å². The van der Waals surface area contributed by atoms with E-state index in [0.29, 0.717) is 35.5 Å². The molecule has 0 bridgehead atoms. The number of methoxy groups -OCH3 is 1. The number of hydrogen-bond acceptors (Lipinski definition) is 6. The summed E-state index contributed by atoms with van der Waals surface area (Å²) in [4.78, 5) is 11.7. The molecule has 2 N–H and O–H groups in total. The van der Waals surface area contributed by atoms with E-state index in [1.54, 1.807) is 7.11 Å². The molecule has 6 aliphatic rings. The Morgan fingerprint density at radius 1 is 0.788 bits per heavy atom. The highest BCUT2D eigenvalue weighted by molar-refractivity contribution is 5.75. The van der Waals surface area contributed by atoms with Crippen molar-refractivity contribution in [2.45, 2.75) is 109 Å². The number of cyclic esters (lactones) is 1. The van der Waals surface area contributed by atoms with Crippen LogP contribution in [0.15, 0.2) is 0 Å². The van der Waals surface area contributed by atoms with Gasteiger partial charge in [-0.25, -0.2) is 0 Å². The molecule has 6 heteroatoms. The summed E-state index contributed by atoms with van der Waals surface area (Å²) in [7, 11) is 1.72. The van der Waals surface area contributed by atoms with Crippen LogP contribution in [0.5, 0.6) is 0 Å². The van der Waals surface area contributed by atoms with Crippen molar-refractivity contribution in [1.82, 2.24) is 0 Å². The second kappa shape index (κ2) is 9.75. The fourth-order valence-corrected chi connectivity index (χ4v) is 8.77. The molecule has 0 amide bonds. The number of hydrogen-bond donors (Lipinski definition) is 2. The monoisotopic (exact) mass is 464 g/mol. The van der Waals surface area contributed by atoms with Gasteiger partial charge in [0.2, 0.25) is 0 Å². The number of aliphatic hydroxyl groups excluding tert-OH is 2. The zero-order chi connectivity index (χ0) is 23.3. The average Bonchev–Trinajstić information content (AvgIpc) is 3.29. The lowest BCUT2D eigenvalue weighted by molar-refractivity contribution is -0.144. The van der Waals surface area contributed by atoms with Gasteiger partial charge < -0.3 is 24.4 Å². The Morgan fingerprint density at radius 2 is 1.36 bits per heavy atom. The molecule has 188 valence electrons. The maximum atomic E-state index is 11.7. The van der Waals surface area contributed by atoms with Gasteiger partial charge in [-0.1, -0.05) is 38.5 Å². The van der Waals surface area contributed by atoms with Crippen molar-refractivity contribution in [1.29, 1.82) is 0 Å². The lowest BCUT2D eigenvalue weighted by Gasteiger charge is -2.45. The molecular weight excluding hydrogens is 420 g/mol. The first-order valence-electron chi connectivity index (χ1n) is 13.7. The molecule has 0 spiro atoms. The lowest BCUT2D eigenvalue weighted by Crippen LogP contribution is -2.47. The lowest BCUT2D eigenvalue weighted by atomic mass is 9.61. The maximum absolute atomic E-state index is 11.7. The van der Waals surface area contributed by atoms with Crippen LogP contribution in [0.3, 0.4) is 0 Å². The summed E-state index contributed by atoms with van der Waals surface area (Å²) in [5.41, 5.74) is 0. The zero-order valence-corrected chi connectivity index (χ0v) is 20.6. The van der Waals surface area contributed by atoms with E-state index in [4.69, 9.17) is 14.2 Å². The second-order valence-electron chi connectivity index (χ2n) is 11.9. The summed E-state index contributed by atoms with van der Waals surface area (Å²) in [6, 6.07) is 0. The molecule has 0 aromatic rings. The van der Waals surface area contributed by atoms with Crippen molar-refractivity contribution in [2.75, 3.05) is 7.11 Å². The van der Waals surface area contributed by atoms with Crippen molar-refractivity contribution in [3.63, 3.8) is 0 Å². The highest BCUT2D eigenvalue weighted by Gasteiger charge is 2.55. The molecule has 6 rings (SSSR count). The number of aliphatic hydroxyl groups is 2. The van der Waals surface area contributed by atoms with Gasteiger partial charge in [0, 0.05) is 24.9 Å². The van der Waals surface area contributed by atoms with Crippen LogP contribution in [-0.4, -0.2) is 54.0 Å². The average molecular weight is 465 g/mol. The first kappa shape index (κ1) is 24.0. The van der Waals surface area contributed by atoms with Crippen LogP contribution in [0.25, 0.3) is 0 Å². The largest absolute Gasteiger partial charge is 0.462 e. The smallest absolute Gasteiger partial charge is 0.309 e. The SMILES string of the molecule is COC1OC(C)C2C(O)C3CCCCC3CC12.C[C@H]1OC(=O)[C@@H]2C[C@@H]3CCCC[C@H]3[C@H](O)[C@H]12. The Bertz CT molecular complexity index is 698. The van der Waals surface area contributed by atoms with Gasteiger partial charge in [-0.05, 0) is 63.2 Å². The number of rotatable bonds is 1. The van der Waals surface area contributed by atoms with Crippen molar-refractivity contribution in [3.05, 3.63) is 0 Å². The third kappa shape index (κ3) is 4.28. The molecule has 13 atom stereocenters. The Labute approximate surface area is 198 Å². The highest BCUT2D eigenvalue weighted by atomic mass is 16.7. The zero-order valence-electron chi connectivity index (χ0n) is 20.6. The van der Waals surface area contributed by atoms with Gasteiger partial charge in [-0.3, -0.25) is 4.79 Å². The van der Waals surface area contributed by atoms with E-state index < -0.39 is 0 Å². The minimum absolute atomic E-state index is 0.0238. The van der Waals surface area contributed by atoms with E-state index in [9.17, 15) is 15.0 Å². The van der Waals surface area contributed by atoms with Crippen molar-refractivity contribution in [2.24, 2.45) is 47.3 Å². The van der Waals surface area contributed by atoms with Crippen LogP contribution in [0, 0.1) is 47.3 Å². The molecule has 2 aliphatic heterocycles. The number of fused-ring (bicyclic) bond motifs is 4. The van der Waals surface area contributed by atoms with Crippen LogP contribution in [-0.2, 0) is 19.0 Å². The summed E-state index contributed by atoms with van der Waals surface area (Å²) in [6.45, 7) is 4.01. The molecule has 4 aliphatic carbocycles.